The molecule has 5 nitrogen and oxygen atoms in total. The summed E-state index contributed by atoms with van der Waals surface area (Å²) in [4.78, 5) is 16.1. The van der Waals surface area contributed by atoms with E-state index >= 15 is 0 Å². The fraction of sp³-hybridized carbons (Fsp3) is 0.389. The fourth-order valence-corrected chi connectivity index (χ4v) is 2.97. The number of hydrogen-bond acceptors (Lipinski definition) is 3. The molecule has 23 heavy (non-hydrogen) atoms. The molecule has 1 aliphatic heterocycles. The summed E-state index contributed by atoms with van der Waals surface area (Å²) in [5.74, 6) is 0.777. The average Bonchev–Trinajstić information content (AvgIpc) is 3.05. The van der Waals surface area contributed by atoms with Crippen LogP contribution in [0.1, 0.15) is 23.3 Å². The summed E-state index contributed by atoms with van der Waals surface area (Å²) in [5.41, 5.74) is 3.81. The summed E-state index contributed by atoms with van der Waals surface area (Å²) in [7, 11) is 3.89. The number of furan rings is 1. The lowest BCUT2D eigenvalue weighted by molar-refractivity contribution is 0.202. The van der Waals surface area contributed by atoms with Gasteiger partial charge in [-0.15, -0.1) is 0 Å². The number of nitrogens with one attached hydrogen (secondary N) is 1. The maximum Gasteiger partial charge on any atom is 0.317 e. The van der Waals surface area contributed by atoms with E-state index in [2.05, 4.69) is 35.5 Å². The molecule has 0 saturated heterocycles. The molecule has 1 aliphatic rings. The number of carbonyl (C=O) groups excluding carboxylic acids is 1. The second kappa shape index (κ2) is 6.77. The van der Waals surface area contributed by atoms with E-state index in [0.29, 0.717) is 13.1 Å². The highest BCUT2D eigenvalue weighted by Crippen LogP contribution is 2.26. The van der Waals surface area contributed by atoms with Crippen molar-refractivity contribution in [2.24, 2.45) is 0 Å². The van der Waals surface area contributed by atoms with Crippen LogP contribution in [-0.4, -0.2) is 31.6 Å². The smallest absolute Gasteiger partial charge is 0.317 e. The third-order valence-electron chi connectivity index (χ3n) is 4.26. The monoisotopic (exact) mass is 313 g/mol. The standard InChI is InChI=1S/C18H23N3O2/c1-20-9-3-5-15-11-14(7-8-17(15)20)12-19-18(22)21(2)13-16-6-4-10-23-16/h4,6-8,10-11H,3,5,9,12-13H2,1-2H3,(H,19,22). The Kier molecular flexibility index (Phi) is 4.55. The maximum absolute atomic E-state index is 12.1. The van der Waals surface area contributed by atoms with Crippen molar-refractivity contribution in [2.45, 2.75) is 25.9 Å². The quantitative estimate of drug-likeness (QED) is 0.944. The van der Waals surface area contributed by atoms with Crippen molar-refractivity contribution >= 4 is 11.7 Å². The summed E-state index contributed by atoms with van der Waals surface area (Å²) in [6, 6.07) is 10.0. The van der Waals surface area contributed by atoms with Crippen LogP contribution < -0.4 is 10.2 Å². The number of anilines is 1. The largest absolute Gasteiger partial charge is 0.467 e. The molecule has 3 rings (SSSR count). The maximum atomic E-state index is 12.1. The molecule has 2 aromatic rings. The van der Waals surface area contributed by atoms with Crippen LogP contribution in [0.15, 0.2) is 41.0 Å². The van der Waals surface area contributed by atoms with E-state index in [1.165, 1.54) is 17.7 Å². The first-order chi connectivity index (χ1) is 11.1. The number of amides is 2. The van der Waals surface area contributed by atoms with Crippen molar-refractivity contribution in [1.29, 1.82) is 0 Å². The van der Waals surface area contributed by atoms with Crippen LogP contribution in [0.2, 0.25) is 0 Å². The Morgan fingerprint density at radius 3 is 3.04 bits per heavy atom. The third-order valence-corrected chi connectivity index (χ3v) is 4.26. The third kappa shape index (κ3) is 3.67. The van der Waals surface area contributed by atoms with Gasteiger partial charge in [0.15, 0.2) is 0 Å². The van der Waals surface area contributed by atoms with Gasteiger partial charge in [-0.1, -0.05) is 12.1 Å². The van der Waals surface area contributed by atoms with Gasteiger partial charge in [-0.25, -0.2) is 4.79 Å². The zero-order chi connectivity index (χ0) is 16.2. The van der Waals surface area contributed by atoms with Crippen molar-refractivity contribution in [3.05, 3.63) is 53.5 Å². The number of nitrogens with zero attached hydrogens (tertiary/aromatic N) is 2. The van der Waals surface area contributed by atoms with Gasteiger partial charge < -0.3 is 19.5 Å². The molecule has 0 fully saturated rings. The molecule has 1 aromatic heterocycles. The van der Waals surface area contributed by atoms with Gasteiger partial charge >= 0.3 is 6.03 Å². The lowest BCUT2D eigenvalue weighted by Gasteiger charge is -2.28. The summed E-state index contributed by atoms with van der Waals surface area (Å²) in [6.07, 6.45) is 3.91. The van der Waals surface area contributed by atoms with Crippen LogP contribution in [-0.2, 0) is 19.5 Å². The van der Waals surface area contributed by atoms with E-state index in [0.717, 1.165) is 24.3 Å². The predicted octanol–water partition coefficient (Wildman–Crippen LogP) is 3.00. The van der Waals surface area contributed by atoms with Crippen molar-refractivity contribution in [1.82, 2.24) is 10.2 Å². The fourth-order valence-electron chi connectivity index (χ4n) is 2.97. The Balaban J connectivity index is 1.56. The molecule has 0 unspecified atom stereocenters. The second-order valence-corrected chi connectivity index (χ2v) is 6.08. The number of aryl methyl sites for hydroxylation is 1. The number of hydrogen-bond donors (Lipinski definition) is 1. The molecule has 122 valence electrons. The van der Waals surface area contributed by atoms with Gasteiger partial charge in [-0.3, -0.25) is 0 Å². The average molecular weight is 313 g/mol. The molecule has 1 aromatic carbocycles. The number of fused-ring (bicyclic) bond motifs is 1. The molecule has 0 spiro atoms. The Labute approximate surface area is 136 Å². The molecular formula is C18H23N3O2. The van der Waals surface area contributed by atoms with Crippen LogP contribution in [0.25, 0.3) is 0 Å². The van der Waals surface area contributed by atoms with E-state index in [1.807, 2.05) is 12.1 Å². The van der Waals surface area contributed by atoms with Gasteiger partial charge in [0.2, 0.25) is 0 Å². The van der Waals surface area contributed by atoms with Crippen molar-refractivity contribution < 1.29 is 9.21 Å². The van der Waals surface area contributed by atoms with Crippen LogP contribution in [0, 0.1) is 0 Å². The number of benzene rings is 1. The minimum atomic E-state index is -0.101. The molecule has 1 N–H and O–H groups in total. The Hall–Kier alpha value is -2.43. The van der Waals surface area contributed by atoms with Crippen LogP contribution >= 0.6 is 0 Å². The first-order valence-corrected chi connectivity index (χ1v) is 7.98. The van der Waals surface area contributed by atoms with Gasteiger partial charge in [-0.05, 0) is 42.2 Å². The highest BCUT2D eigenvalue weighted by atomic mass is 16.3. The first kappa shape index (κ1) is 15.5. The van der Waals surface area contributed by atoms with Gasteiger partial charge in [0.25, 0.3) is 0 Å². The second-order valence-electron chi connectivity index (χ2n) is 6.08. The van der Waals surface area contributed by atoms with E-state index < -0.39 is 0 Å². The molecule has 0 saturated carbocycles. The Morgan fingerprint density at radius 1 is 1.39 bits per heavy atom. The lowest BCUT2D eigenvalue weighted by atomic mass is 9.99. The number of carbonyl (C=O) groups is 1. The molecule has 0 atom stereocenters. The molecule has 0 radical (unpaired) electrons. The van der Waals surface area contributed by atoms with Crippen molar-refractivity contribution in [3.63, 3.8) is 0 Å². The summed E-state index contributed by atoms with van der Waals surface area (Å²) >= 11 is 0. The topological polar surface area (TPSA) is 48.7 Å². The minimum Gasteiger partial charge on any atom is -0.467 e. The molecule has 5 heteroatoms. The number of urea groups is 1. The first-order valence-electron chi connectivity index (χ1n) is 7.98. The SMILES string of the molecule is CN(Cc1ccco1)C(=O)NCc1ccc2c(c1)CCCN2C. The van der Waals surface area contributed by atoms with Crippen LogP contribution in [0.3, 0.4) is 0 Å². The van der Waals surface area contributed by atoms with Crippen LogP contribution in [0.5, 0.6) is 0 Å². The zero-order valence-corrected chi connectivity index (χ0v) is 13.7. The minimum absolute atomic E-state index is 0.101. The Bertz CT molecular complexity index is 667. The van der Waals surface area contributed by atoms with E-state index in [9.17, 15) is 4.79 Å². The molecule has 0 bridgehead atoms. The van der Waals surface area contributed by atoms with Gasteiger partial charge in [0, 0.05) is 32.9 Å². The molecule has 2 heterocycles. The van der Waals surface area contributed by atoms with E-state index in [1.54, 1.807) is 18.2 Å². The zero-order valence-electron chi connectivity index (χ0n) is 13.7. The highest BCUT2D eigenvalue weighted by Gasteiger charge is 2.14. The normalized spacial score (nSPS) is 13.6. The van der Waals surface area contributed by atoms with Gasteiger partial charge in [0.1, 0.15) is 5.76 Å². The summed E-state index contributed by atoms with van der Waals surface area (Å²) in [5, 5.41) is 2.96. The van der Waals surface area contributed by atoms with Crippen LogP contribution in [0.4, 0.5) is 10.5 Å². The predicted molar refractivity (Wildman–Crippen MR) is 90.4 cm³/mol. The van der Waals surface area contributed by atoms with Crippen molar-refractivity contribution in [3.8, 4) is 0 Å². The van der Waals surface area contributed by atoms with E-state index in [-0.39, 0.29) is 6.03 Å². The number of rotatable bonds is 4. The lowest BCUT2D eigenvalue weighted by Crippen LogP contribution is -2.36. The molecule has 0 aliphatic carbocycles. The highest BCUT2D eigenvalue weighted by molar-refractivity contribution is 5.73. The summed E-state index contributed by atoms with van der Waals surface area (Å²) < 4.78 is 5.26. The summed E-state index contributed by atoms with van der Waals surface area (Å²) in [6.45, 7) is 2.12. The van der Waals surface area contributed by atoms with E-state index in [4.69, 9.17) is 4.42 Å². The van der Waals surface area contributed by atoms with Gasteiger partial charge in [0.05, 0.1) is 12.8 Å². The molecule has 2 amide bonds. The van der Waals surface area contributed by atoms with Crippen molar-refractivity contribution in [2.75, 3.05) is 25.5 Å². The Morgan fingerprint density at radius 2 is 2.26 bits per heavy atom. The van der Waals surface area contributed by atoms with Gasteiger partial charge in [-0.2, -0.15) is 0 Å². The molecular weight excluding hydrogens is 290 g/mol.